The number of carbonyl (C=O) groups excluding carboxylic acids is 1. The van der Waals surface area contributed by atoms with Gasteiger partial charge in [0.15, 0.2) is 0 Å². The predicted octanol–water partition coefficient (Wildman–Crippen LogP) is 1.92. The molecule has 2 aromatic rings. The molecule has 4 N–H and O–H groups in total. The first kappa shape index (κ1) is 13.4. The first-order valence-electron chi connectivity index (χ1n) is 6.35. The Morgan fingerprint density at radius 1 is 1.32 bits per heavy atom. The normalized spacial score (nSPS) is 12.3. The minimum atomic E-state index is -0.246. The summed E-state index contributed by atoms with van der Waals surface area (Å²) in [7, 11) is 0. The van der Waals surface area contributed by atoms with E-state index in [0.717, 1.165) is 10.8 Å². The lowest BCUT2D eigenvalue weighted by Gasteiger charge is -2.15. The van der Waals surface area contributed by atoms with E-state index in [4.69, 9.17) is 10.8 Å². The molecule has 2 rings (SSSR count). The summed E-state index contributed by atoms with van der Waals surface area (Å²) in [6.07, 6.45) is 0.676. The maximum Gasteiger partial charge on any atom is 0.253 e. The molecule has 100 valence electrons. The van der Waals surface area contributed by atoms with Gasteiger partial charge in [0.1, 0.15) is 0 Å². The van der Waals surface area contributed by atoms with E-state index in [1.165, 1.54) is 0 Å². The zero-order valence-electron chi connectivity index (χ0n) is 10.9. The van der Waals surface area contributed by atoms with Gasteiger partial charge in [0.05, 0.1) is 18.2 Å². The van der Waals surface area contributed by atoms with Crippen molar-refractivity contribution in [3.63, 3.8) is 0 Å². The molecule has 1 unspecified atom stereocenters. The van der Waals surface area contributed by atoms with Crippen LogP contribution in [-0.4, -0.2) is 23.7 Å². The van der Waals surface area contributed by atoms with E-state index >= 15 is 0 Å². The smallest absolute Gasteiger partial charge is 0.253 e. The van der Waals surface area contributed by atoms with Crippen LogP contribution in [0.5, 0.6) is 0 Å². The molecule has 4 nitrogen and oxygen atoms in total. The largest absolute Gasteiger partial charge is 0.398 e. The standard InChI is InChI=1S/C15H18N2O2/c1-2-12(9-18)17-15(19)13-7-10-5-3-4-6-11(10)8-14(13)16/h3-8,12,18H,2,9,16H2,1H3,(H,17,19). The first-order chi connectivity index (χ1) is 9.15. The van der Waals surface area contributed by atoms with Gasteiger partial charge >= 0.3 is 0 Å². The maximum absolute atomic E-state index is 12.1. The van der Waals surface area contributed by atoms with Gasteiger partial charge in [0, 0.05) is 5.69 Å². The van der Waals surface area contributed by atoms with Crippen molar-refractivity contribution in [3.8, 4) is 0 Å². The van der Waals surface area contributed by atoms with E-state index in [0.29, 0.717) is 17.7 Å². The van der Waals surface area contributed by atoms with Crippen LogP contribution in [0.2, 0.25) is 0 Å². The molecule has 0 heterocycles. The van der Waals surface area contributed by atoms with Crippen molar-refractivity contribution >= 4 is 22.4 Å². The topological polar surface area (TPSA) is 75.3 Å². The van der Waals surface area contributed by atoms with E-state index in [1.807, 2.05) is 31.2 Å². The second-order valence-corrected chi connectivity index (χ2v) is 4.55. The molecule has 0 spiro atoms. The third-order valence-corrected chi connectivity index (χ3v) is 3.21. The predicted molar refractivity (Wildman–Crippen MR) is 77.0 cm³/mol. The highest BCUT2D eigenvalue weighted by Crippen LogP contribution is 2.21. The summed E-state index contributed by atoms with van der Waals surface area (Å²) in [6.45, 7) is 1.83. The lowest BCUT2D eigenvalue weighted by atomic mass is 10.0. The van der Waals surface area contributed by atoms with Gasteiger partial charge in [0.25, 0.3) is 5.91 Å². The molecule has 0 aromatic heterocycles. The molecule has 0 aliphatic rings. The molecule has 1 amide bonds. The average Bonchev–Trinajstić information content (AvgIpc) is 2.43. The van der Waals surface area contributed by atoms with Gasteiger partial charge < -0.3 is 16.2 Å². The van der Waals surface area contributed by atoms with Crippen LogP contribution in [-0.2, 0) is 0 Å². The van der Waals surface area contributed by atoms with E-state index in [-0.39, 0.29) is 18.6 Å². The number of hydrogen-bond acceptors (Lipinski definition) is 3. The van der Waals surface area contributed by atoms with Crippen LogP contribution in [0.25, 0.3) is 10.8 Å². The van der Waals surface area contributed by atoms with Crippen molar-refractivity contribution in [2.45, 2.75) is 19.4 Å². The van der Waals surface area contributed by atoms with Gasteiger partial charge in [-0.25, -0.2) is 0 Å². The Morgan fingerprint density at radius 3 is 2.53 bits per heavy atom. The highest BCUT2D eigenvalue weighted by atomic mass is 16.3. The minimum absolute atomic E-state index is 0.0737. The Morgan fingerprint density at radius 2 is 1.95 bits per heavy atom. The molecule has 0 saturated heterocycles. The van der Waals surface area contributed by atoms with Crippen LogP contribution in [0.15, 0.2) is 36.4 Å². The van der Waals surface area contributed by atoms with Gasteiger partial charge in [-0.05, 0) is 29.3 Å². The van der Waals surface area contributed by atoms with Gasteiger partial charge in [-0.3, -0.25) is 4.79 Å². The Labute approximate surface area is 112 Å². The summed E-state index contributed by atoms with van der Waals surface area (Å²) in [5.74, 6) is -0.246. The summed E-state index contributed by atoms with van der Waals surface area (Å²) >= 11 is 0. The molecular weight excluding hydrogens is 240 g/mol. The molecule has 0 fully saturated rings. The van der Waals surface area contributed by atoms with Crippen LogP contribution in [0.3, 0.4) is 0 Å². The van der Waals surface area contributed by atoms with Gasteiger partial charge in [0.2, 0.25) is 0 Å². The molecule has 4 heteroatoms. The van der Waals surface area contributed by atoms with Crippen LogP contribution in [0, 0.1) is 0 Å². The fourth-order valence-corrected chi connectivity index (χ4v) is 1.99. The Hall–Kier alpha value is -2.07. The number of nitrogens with two attached hydrogens (primary N) is 1. The van der Waals surface area contributed by atoms with Crippen molar-refractivity contribution in [2.75, 3.05) is 12.3 Å². The summed E-state index contributed by atoms with van der Waals surface area (Å²) in [5.41, 5.74) is 6.82. The highest BCUT2D eigenvalue weighted by Gasteiger charge is 2.14. The number of benzene rings is 2. The number of aliphatic hydroxyl groups is 1. The van der Waals surface area contributed by atoms with E-state index < -0.39 is 0 Å². The van der Waals surface area contributed by atoms with Gasteiger partial charge in [-0.1, -0.05) is 31.2 Å². The fourth-order valence-electron chi connectivity index (χ4n) is 1.99. The quantitative estimate of drug-likeness (QED) is 0.733. The van der Waals surface area contributed by atoms with Crippen molar-refractivity contribution in [3.05, 3.63) is 42.0 Å². The van der Waals surface area contributed by atoms with Crippen LogP contribution in [0.1, 0.15) is 23.7 Å². The Balaban J connectivity index is 2.33. The summed E-state index contributed by atoms with van der Waals surface area (Å²) in [5, 5.41) is 13.9. The van der Waals surface area contributed by atoms with Crippen molar-refractivity contribution in [1.82, 2.24) is 5.32 Å². The van der Waals surface area contributed by atoms with Crippen LogP contribution >= 0.6 is 0 Å². The number of carbonyl (C=O) groups is 1. The monoisotopic (exact) mass is 258 g/mol. The van der Waals surface area contributed by atoms with Gasteiger partial charge in [-0.15, -0.1) is 0 Å². The lowest BCUT2D eigenvalue weighted by molar-refractivity contribution is 0.0916. The molecule has 0 radical (unpaired) electrons. The molecule has 0 aliphatic heterocycles. The minimum Gasteiger partial charge on any atom is -0.398 e. The SMILES string of the molecule is CCC(CO)NC(=O)c1cc2ccccc2cc1N. The zero-order valence-corrected chi connectivity index (χ0v) is 10.9. The molecular formula is C15H18N2O2. The van der Waals surface area contributed by atoms with Gasteiger partial charge in [-0.2, -0.15) is 0 Å². The molecule has 0 saturated carbocycles. The first-order valence-corrected chi connectivity index (χ1v) is 6.35. The number of anilines is 1. The zero-order chi connectivity index (χ0) is 13.8. The maximum atomic E-state index is 12.1. The number of nitrogen functional groups attached to an aromatic ring is 1. The third-order valence-electron chi connectivity index (χ3n) is 3.21. The fraction of sp³-hybridized carbons (Fsp3) is 0.267. The second-order valence-electron chi connectivity index (χ2n) is 4.55. The number of aliphatic hydroxyl groups excluding tert-OH is 1. The molecule has 2 aromatic carbocycles. The van der Waals surface area contributed by atoms with Crippen molar-refractivity contribution in [2.24, 2.45) is 0 Å². The lowest BCUT2D eigenvalue weighted by Crippen LogP contribution is -2.37. The van der Waals surface area contributed by atoms with Crippen LogP contribution in [0.4, 0.5) is 5.69 Å². The average molecular weight is 258 g/mol. The molecule has 0 aliphatic carbocycles. The highest BCUT2D eigenvalue weighted by molar-refractivity contribution is 6.04. The number of nitrogens with one attached hydrogen (secondary N) is 1. The number of hydrogen-bond donors (Lipinski definition) is 3. The summed E-state index contributed by atoms with van der Waals surface area (Å²) in [6, 6.07) is 11.1. The van der Waals surface area contributed by atoms with Crippen LogP contribution < -0.4 is 11.1 Å². The third kappa shape index (κ3) is 2.85. The Kier molecular flexibility index (Phi) is 4.02. The number of amides is 1. The molecule has 1 atom stereocenters. The number of fused-ring (bicyclic) bond motifs is 1. The molecule has 19 heavy (non-hydrogen) atoms. The Bertz CT molecular complexity index is 592. The summed E-state index contributed by atoms with van der Waals surface area (Å²) < 4.78 is 0. The van der Waals surface area contributed by atoms with Crippen molar-refractivity contribution in [1.29, 1.82) is 0 Å². The molecule has 0 bridgehead atoms. The second kappa shape index (κ2) is 5.71. The van der Waals surface area contributed by atoms with E-state index in [9.17, 15) is 4.79 Å². The van der Waals surface area contributed by atoms with E-state index in [2.05, 4.69) is 5.32 Å². The van der Waals surface area contributed by atoms with Crippen molar-refractivity contribution < 1.29 is 9.90 Å². The summed E-state index contributed by atoms with van der Waals surface area (Å²) in [4.78, 5) is 12.1. The number of rotatable bonds is 4. The van der Waals surface area contributed by atoms with E-state index in [1.54, 1.807) is 12.1 Å².